The van der Waals surface area contributed by atoms with Crippen LogP contribution in [0.25, 0.3) is 0 Å². The Balaban J connectivity index is 2.39. The lowest BCUT2D eigenvalue weighted by Crippen LogP contribution is -2.48. The number of hydrogen-bond donors (Lipinski definition) is 1. The summed E-state index contributed by atoms with van der Waals surface area (Å²) in [4.78, 5) is 2.23. The summed E-state index contributed by atoms with van der Waals surface area (Å²) >= 11 is 0. The fourth-order valence-electron chi connectivity index (χ4n) is 2.11. The van der Waals surface area contributed by atoms with E-state index in [4.69, 9.17) is 0 Å². The average Bonchev–Trinajstić information content (AvgIpc) is 2.19. The van der Waals surface area contributed by atoms with Crippen LogP contribution in [-0.4, -0.2) is 53.3 Å². The molecule has 0 aromatic heterocycles. The second kappa shape index (κ2) is 6.72. The lowest BCUT2D eigenvalue weighted by atomic mass is 10.0. The summed E-state index contributed by atoms with van der Waals surface area (Å²) in [5, 5.41) is 3.73. The SMILES string of the molecule is CC(C)C(CN(C)C)NC1CCS(=O)CC1. The minimum absolute atomic E-state index is 0.548. The Morgan fingerprint density at radius 2 is 1.88 bits per heavy atom. The molecule has 1 unspecified atom stereocenters. The fourth-order valence-corrected chi connectivity index (χ4v) is 3.41. The van der Waals surface area contributed by atoms with Crippen LogP contribution in [0.3, 0.4) is 0 Å². The first-order valence-corrected chi connectivity index (χ1v) is 7.73. The molecule has 0 saturated carbocycles. The van der Waals surface area contributed by atoms with Gasteiger partial charge < -0.3 is 10.2 Å². The van der Waals surface area contributed by atoms with Crippen LogP contribution in [0.4, 0.5) is 0 Å². The molecule has 4 heteroatoms. The van der Waals surface area contributed by atoms with Crippen molar-refractivity contribution in [2.24, 2.45) is 5.92 Å². The molecular weight excluding hydrogens is 220 g/mol. The number of rotatable bonds is 5. The maximum Gasteiger partial charge on any atom is 0.0249 e. The molecule has 0 spiro atoms. The number of likely N-dealkylation sites (N-methyl/N-ethyl adjacent to an activating group) is 1. The Hall–Kier alpha value is 0.0700. The van der Waals surface area contributed by atoms with Crippen LogP contribution in [-0.2, 0) is 10.8 Å². The molecule has 1 N–H and O–H groups in total. The normalized spacial score (nSPS) is 28.6. The van der Waals surface area contributed by atoms with Crippen molar-refractivity contribution in [2.75, 3.05) is 32.1 Å². The minimum Gasteiger partial charge on any atom is -0.310 e. The van der Waals surface area contributed by atoms with E-state index in [2.05, 4.69) is 38.2 Å². The highest BCUT2D eigenvalue weighted by Crippen LogP contribution is 2.12. The zero-order valence-electron chi connectivity index (χ0n) is 11.0. The molecule has 1 aliphatic rings. The van der Waals surface area contributed by atoms with E-state index in [0.717, 1.165) is 30.9 Å². The van der Waals surface area contributed by atoms with Crippen molar-refractivity contribution >= 4 is 10.8 Å². The smallest absolute Gasteiger partial charge is 0.0249 e. The maximum atomic E-state index is 11.3. The lowest BCUT2D eigenvalue weighted by molar-refractivity contribution is 0.263. The molecular formula is C12H26N2OS. The third kappa shape index (κ3) is 4.93. The molecule has 0 bridgehead atoms. The van der Waals surface area contributed by atoms with E-state index in [1.54, 1.807) is 0 Å². The molecule has 1 saturated heterocycles. The van der Waals surface area contributed by atoms with E-state index >= 15 is 0 Å². The number of hydrogen-bond acceptors (Lipinski definition) is 3. The van der Waals surface area contributed by atoms with Crippen molar-refractivity contribution < 1.29 is 4.21 Å². The summed E-state index contributed by atoms with van der Waals surface area (Å²) in [7, 11) is 3.69. The first-order chi connectivity index (χ1) is 7.49. The third-order valence-corrected chi connectivity index (χ3v) is 4.59. The highest BCUT2D eigenvalue weighted by atomic mass is 32.2. The largest absolute Gasteiger partial charge is 0.310 e. The van der Waals surface area contributed by atoms with Crippen LogP contribution in [0.15, 0.2) is 0 Å². The van der Waals surface area contributed by atoms with Gasteiger partial charge in [0.05, 0.1) is 0 Å². The van der Waals surface area contributed by atoms with E-state index in [-0.39, 0.29) is 0 Å². The van der Waals surface area contributed by atoms with Gasteiger partial charge in [0.15, 0.2) is 0 Å². The molecule has 1 atom stereocenters. The van der Waals surface area contributed by atoms with Gasteiger partial charge in [0.2, 0.25) is 0 Å². The molecule has 3 nitrogen and oxygen atoms in total. The quantitative estimate of drug-likeness (QED) is 0.788. The molecule has 0 aliphatic carbocycles. The van der Waals surface area contributed by atoms with Gasteiger partial charge in [0, 0.05) is 40.9 Å². The van der Waals surface area contributed by atoms with Gasteiger partial charge in [-0.25, -0.2) is 0 Å². The number of nitrogens with one attached hydrogen (secondary N) is 1. The summed E-state index contributed by atoms with van der Waals surface area (Å²) in [5.41, 5.74) is 0. The second-order valence-electron chi connectivity index (χ2n) is 5.40. The van der Waals surface area contributed by atoms with Crippen molar-refractivity contribution in [3.05, 3.63) is 0 Å². The molecule has 0 radical (unpaired) electrons. The van der Waals surface area contributed by atoms with Crippen molar-refractivity contribution in [3.63, 3.8) is 0 Å². The van der Waals surface area contributed by atoms with Crippen LogP contribution in [0.5, 0.6) is 0 Å². The fraction of sp³-hybridized carbons (Fsp3) is 1.00. The van der Waals surface area contributed by atoms with E-state index in [1.165, 1.54) is 0 Å². The molecule has 0 aromatic carbocycles. The zero-order chi connectivity index (χ0) is 12.1. The predicted molar refractivity (Wildman–Crippen MR) is 71.2 cm³/mol. The van der Waals surface area contributed by atoms with Crippen LogP contribution in [0.2, 0.25) is 0 Å². The van der Waals surface area contributed by atoms with Crippen LogP contribution in [0.1, 0.15) is 26.7 Å². The number of nitrogens with zero attached hydrogens (tertiary/aromatic N) is 1. The molecule has 16 heavy (non-hydrogen) atoms. The van der Waals surface area contributed by atoms with Crippen molar-refractivity contribution in [1.82, 2.24) is 10.2 Å². The van der Waals surface area contributed by atoms with E-state index in [9.17, 15) is 4.21 Å². The van der Waals surface area contributed by atoms with Gasteiger partial charge in [-0.3, -0.25) is 4.21 Å². The molecule has 1 fully saturated rings. The first-order valence-electron chi connectivity index (χ1n) is 6.24. The molecule has 0 aromatic rings. The Morgan fingerprint density at radius 3 is 2.31 bits per heavy atom. The Kier molecular flexibility index (Phi) is 5.94. The van der Waals surface area contributed by atoms with Gasteiger partial charge in [-0.15, -0.1) is 0 Å². The molecule has 1 heterocycles. The second-order valence-corrected chi connectivity index (χ2v) is 7.10. The molecule has 1 rings (SSSR count). The van der Waals surface area contributed by atoms with Gasteiger partial charge in [-0.2, -0.15) is 0 Å². The van der Waals surface area contributed by atoms with Crippen molar-refractivity contribution in [3.8, 4) is 0 Å². The van der Waals surface area contributed by atoms with E-state index in [0.29, 0.717) is 18.0 Å². The third-order valence-electron chi connectivity index (χ3n) is 3.20. The van der Waals surface area contributed by atoms with Crippen molar-refractivity contribution in [2.45, 2.75) is 38.8 Å². The maximum absolute atomic E-state index is 11.3. The lowest BCUT2D eigenvalue weighted by Gasteiger charge is -2.32. The van der Waals surface area contributed by atoms with Gasteiger partial charge >= 0.3 is 0 Å². The monoisotopic (exact) mass is 246 g/mol. The van der Waals surface area contributed by atoms with Crippen LogP contribution in [0, 0.1) is 5.92 Å². The highest BCUT2D eigenvalue weighted by Gasteiger charge is 2.22. The van der Waals surface area contributed by atoms with Gasteiger partial charge in [0.25, 0.3) is 0 Å². The minimum atomic E-state index is -0.548. The van der Waals surface area contributed by atoms with Crippen LogP contribution >= 0.6 is 0 Å². The van der Waals surface area contributed by atoms with Gasteiger partial charge in [-0.1, -0.05) is 13.8 Å². The Morgan fingerprint density at radius 1 is 1.31 bits per heavy atom. The highest BCUT2D eigenvalue weighted by molar-refractivity contribution is 7.85. The molecule has 1 aliphatic heterocycles. The average molecular weight is 246 g/mol. The summed E-state index contributed by atoms with van der Waals surface area (Å²) in [5.74, 6) is 2.41. The van der Waals surface area contributed by atoms with Crippen LogP contribution < -0.4 is 5.32 Å². The first kappa shape index (κ1) is 14.1. The summed E-state index contributed by atoms with van der Waals surface area (Å²) < 4.78 is 11.3. The zero-order valence-corrected chi connectivity index (χ0v) is 11.8. The summed E-state index contributed by atoms with van der Waals surface area (Å²) in [6.07, 6.45) is 2.15. The summed E-state index contributed by atoms with van der Waals surface area (Å²) in [6.45, 7) is 5.61. The van der Waals surface area contributed by atoms with Gasteiger partial charge in [-0.05, 0) is 32.9 Å². The topological polar surface area (TPSA) is 32.3 Å². The Labute approximate surface area is 102 Å². The van der Waals surface area contributed by atoms with E-state index < -0.39 is 10.8 Å². The standard InChI is InChI=1S/C12H26N2OS/c1-10(2)12(9-14(3)4)13-11-5-7-16(15)8-6-11/h10-13H,5-9H2,1-4H3. The molecule has 0 amide bonds. The molecule has 96 valence electrons. The van der Waals surface area contributed by atoms with Gasteiger partial charge in [0.1, 0.15) is 0 Å². The Bertz CT molecular complexity index is 221. The summed E-state index contributed by atoms with van der Waals surface area (Å²) in [6, 6.07) is 1.12. The van der Waals surface area contributed by atoms with Crippen molar-refractivity contribution in [1.29, 1.82) is 0 Å². The predicted octanol–water partition coefficient (Wildman–Crippen LogP) is 1.07. The van der Waals surface area contributed by atoms with E-state index in [1.807, 2.05) is 0 Å².